The van der Waals surface area contributed by atoms with Gasteiger partial charge >= 0.3 is 6.18 Å². The van der Waals surface area contributed by atoms with Crippen LogP contribution in [0.15, 0.2) is 0 Å². The fourth-order valence-corrected chi connectivity index (χ4v) is 0.825. The number of rotatable bonds is 7. The molecule has 0 aromatic carbocycles. The Morgan fingerprint density at radius 3 is 2.15 bits per heavy atom. The summed E-state index contributed by atoms with van der Waals surface area (Å²) in [5, 5.41) is 0. The topological polar surface area (TPSA) is 35.2 Å². The molecule has 0 amide bonds. The molecule has 0 heterocycles. The second-order valence-electron chi connectivity index (χ2n) is 2.83. The summed E-state index contributed by atoms with van der Waals surface area (Å²) in [5.74, 6) is 0. The molecule has 0 spiro atoms. The number of unbranched alkanes of at least 4 members (excludes halogenated alkanes) is 1. The van der Waals surface area contributed by atoms with E-state index in [9.17, 15) is 13.2 Å². The summed E-state index contributed by atoms with van der Waals surface area (Å²) < 4.78 is 39.8. The number of halogens is 3. The summed E-state index contributed by atoms with van der Waals surface area (Å²) in [7, 11) is 0. The predicted octanol–water partition coefficient (Wildman–Crippen LogP) is 2.08. The predicted molar refractivity (Wildman–Crippen MR) is 44.4 cm³/mol. The highest BCUT2D eigenvalue weighted by molar-refractivity contribution is 4.49. The van der Waals surface area contributed by atoms with Crippen LogP contribution in [0.3, 0.4) is 0 Å². The Kier molecular flexibility index (Phi) is 6.99. The lowest BCUT2D eigenvalue weighted by Gasteiger charge is -2.06. The molecule has 0 aromatic heterocycles. The van der Waals surface area contributed by atoms with E-state index in [1.54, 1.807) is 0 Å². The van der Waals surface area contributed by atoms with Gasteiger partial charge in [0.05, 0.1) is 0 Å². The maximum Gasteiger partial charge on any atom is 0.389 e. The molecule has 0 bridgehead atoms. The first kappa shape index (κ1) is 12.7. The van der Waals surface area contributed by atoms with Gasteiger partial charge in [0, 0.05) is 19.6 Å². The Labute approximate surface area is 76.2 Å². The van der Waals surface area contributed by atoms with Crippen molar-refractivity contribution in [2.75, 3.05) is 19.8 Å². The highest BCUT2D eigenvalue weighted by atomic mass is 19.4. The maximum absolute atomic E-state index is 11.6. The first-order chi connectivity index (χ1) is 6.06. The van der Waals surface area contributed by atoms with E-state index in [-0.39, 0.29) is 13.0 Å². The lowest BCUT2D eigenvalue weighted by molar-refractivity contribution is -0.137. The van der Waals surface area contributed by atoms with Crippen LogP contribution in [0, 0.1) is 0 Å². The molecule has 0 unspecified atom stereocenters. The molecular formula is C8H16F3NO. The van der Waals surface area contributed by atoms with Gasteiger partial charge in [-0.15, -0.1) is 0 Å². The van der Waals surface area contributed by atoms with Crippen molar-refractivity contribution in [3.8, 4) is 0 Å². The van der Waals surface area contributed by atoms with Crippen LogP contribution in [0.5, 0.6) is 0 Å². The highest BCUT2D eigenvalue weighted by Crippen LogP contribution is 2.20. The van der Waals surface area contributed by atoms with Crippen molar-refractivity contribution in [2.24, 2.45) is 5.73 Å². The molecule has 0 aliphatic carbocycles. The van der Waals surface area contributed by atoms with Gasteiger partial charge < -0.3 is 10.5 Å². The van der Waals surface area contributed by atoms with Gasteiger partial charge in [-0.25, -0.2) is 0 Å². The average molecular weight is 199 g/mol. The van der Waals surface area contributed by atoms with Crippen LogP contribution in [-0.4, -0.2) is 25.9 Å². The summed E-state index contributed by atoms with van der Waals surface area (Å²) in [6.07, 6.45) is -3.08. The maximum atomic E-state index is 11.6. The Bertz CT molecular complexity index is 116. The van der Waals surface area contributed by atoms with E-state index < -0.39 is 12.6 Å². The summed E-state index contributed by atoms with van der Waals surface area (Å²) >= 11 is 0. The zero-order valence-corrected chi connectivity index (χ0v) is 7.57. The minimum Gasteiger partial charge on any atom is -0.381 e. The smallest absolute Gasteiger partial charge is 0.381 e. The zero-order valence-electron chi connectivity index (χ0n) is 7.57. The SMILES string of the molecule is NCCCCOCCCC(F)(F)F. The van der Waals surface area contributed by atoms with Gasteiger partial charge in [0.2, 0.25) is 0 Å². The molecule has 5 heteroatoms. The van der Waals surface area contributed by atoms with E-state index >= 15 is 0 Å². The Hall–Kier alpha value is -0.290. The van der Waals surface area contributed by atoms with E-state index in [2.05, 4.69) is 0 Å². The van der Waals surface area contributed by atoms with Gasteiger partial charge in [-0.3, -0.25) is 0 Å². The highest BCUT2D eigenvalue weighted by Gasteiger charge is 2.25. The molecule has 0 rings (SSSR count). The molecule has 0 saturated carbocycles. The minimum absolute atomic E-state index is 0.0477. The minimum atomic E-state index is -4.05. The van der Waals surface area contributed by atoms with Crippen LogP contribution in [-0.2, 0) is 4.74 Å². The van der Waals surface area contributed by atoms with Gasteiger partial charge in [0.1, 0.15) is 0 Å². The van der Waals surface area contributed by atoms with Crippen molar-refractivity contribution in [2.45, 2.75) is 31.9 Å². The van der Waals surface area contributed by atoms with Crippen LogP contribution in [0.4, 0.5) is 13.2 Å². The lowest BCUT2D eigenvalue weighted by atomic mass is 10.3. The molecule has 80 valence electrons. The van der Waals surface area contributed by atoms with E-state index in [4.69, 9.17) is 10.5 Å². The Morgan fingerprint density at radius 2 is 1.62 bits per heavy atom. The lowest BCUT2D eigenvalue weighted by Crippen LogP contribution is -2.09. The van der Waals surface area contributed by atoms with Crippen molar-refractivity contribution in [3.63, 3.8) is 0 Å². The molecule has 0 atom stereocenters. The molecule has 2 nitrogen and oxygen atoms in total. The first-order valence-electron chi connectivity index (χ1n) is 4.41. The van der Waals surface area contributed by atoms with Gasteiger partial charge in [-0.1, -0.05) is 0 Å². The summed E-state index contributed by atoms with van der Waals surface area (Å²) in [6.45, 7) is 1.30. The third-order valence-electron chi connectivity index (χ3n) is 1.49. The second kappa shape index (κ2) is 7.15. The standard InChI is InChI=1S/C8H16F3NO/c9-8(10,11)4-3-7-13-6-2-1-5-12/h1-7,12H2. The zero-order chi connectivity index (χ0) is 10.2. The number of alkyl halides is 3. The van der Waals surface area contributed by atoms with Crippen LogP contribution in [0.1, 0.15) is 25.7 Å². The van der Waals surface area contributed by atoms with Gasteiger partial charge in [-0.05, 0) is 25.8 Å². The van der Waals surface area contributed by atoms with E-state index in [0.717, 1.165) is 12.8 Å². The molecule has 0 aromatic rings. The first-order valence-corrected chi connectivity index (χ1v) is 4.41. The third-order valence-corrected chi connectivity index (χ3v) is 1.49. The molecule has 0 aliphatic rings. The van der Waals surface area contributed by atoms with Crippen molar-refractivity contribution < 1.29 is 17.9 Å². The molecule has 13 heavy (non-hydrogen) atoms. The number of hydrogen-bond acceptors (Lipinski definition) is 2. The monoisotopic (exact) mass is 199 g/mol. The molecule has 0 radical (unpaired) electrons. The molecule has 2 N–H and O–H groups in total. The van der Waals surface area contributed by atoms with Gasteiger partial charge in [-0.2, -0.15) is 13.2 Å². The number of nitrogens with two attached hydrogens (primary N) is 1. The number of hydrogen-bond donors (Lipinski definition) is 1. The summed E-state index contributed by atoms with van der Waals surface area (Å²) in [4.78, 5) is 0. The molecule has 0 saturated heterocycles. The Morgan fingerprint density at radius 1 is 1.00 bits per heavy atom. The second-order valence-corrected chi connectivity index (χ2v) is 2.83. The van der Waals surface area contributed by atoms with Crippen molar-refractivity contribution in [1.82, 2.24) is 0 Å². The fraction of sp³-hybridized carbons (Fsp3) is 1.00. The van der Waals surface area contributed by atoms with Crippen LogP contribution in [0.25, 0.3) is 0 Å². The van der Waals surface area contributed by atoms with Crippen molar-refractivity contribution in [1.29, 1.82) is 0 Å². The van der Waals surface area contributed by atoms with Gasteiger partial charge in [0.15, 0.2) is 0 Å². The summed E-state index contributed by atoms with van der Waals surface area (Å²) in [5.41, 5.74) is 5.22. The van der Waals surface area contributed by atoms with E-state index in [1.165, 1.54) is 0 Å². The average Bonchev–Trinajstić information content (AvgIpc) is 2.01. The normalized spacial score (nSPS) is 12.0. The van der Waals surface area contributed by atoms with E-state index in [0.29, 0.717) is 13.2 Å². The van der Waals surface area contributed by atoms with Crippen LogP contribution in [0.2, 0.25) is 0 Å². The molecular weight excluding hydrogens is 183 g/mol. The molecule has 0 fully saturated rings. The van der Waals surface area contributed by atoms with E-state index in [1.807, 2.05) is 0 Å². The van der Waals surface area contributed by atoms with Crippen molar-refractivity contribution >= 4 is 0 Å². The Balaban J connectivity index is 3.00. The van der Waals surface area contributed by atoms with Crippen LogP contribution < -0.4 is 5.73 Å². The van der Waals surface area contributed by atoms with Crippen molar-refractivity contribution in [3.05, 3.63) is 0 Å². The largest absolute Gasteiger partial charge is 0.389 e. The third kappa shape index (κ3) is 11.7. The fourth-order valence-electron chi connectivity index (χ4n) is 0.825. The molecule has 0 aliphatic heterocycles. The number of ether oxygens (including phenoxy) is 1. The quantitative estimate of drug-likeness (QED) is 0.637. The van der Waals surface area contributed by atoms with Gasteiger partial charge in [0.25, 0.3) is 0 Å². The van der Waals surface area contributed by atoms with Crippen LogP contribution >= 0.6 is 0 Å². The summed E-state index contributed by atoms with van der Waals surface area (Å²) in [6, 6.07) is 0.